The second-order valence-electron chi connectivity index (χ2n) is 7.37. The molecular formula is C21H35N7OS2. The lowest BCUT2D eigenvalue weighted by molar-refractivity contribution is 0.225. The highest BCUT2D eigenvalue weighted by atomic mass is 32.1. The van der Waals surface area contributed by atoms with Crippen LogP contribution >= 0.6 is 24.4 Å². The minimum Gasteiger partial charge on any atom is -0.459 e. The van der Waals surface area contributed by atoms with Crippen LogP contribution in [0.3, 0.4) is 0 Å². The maximum Gasteiger partial charge on any atom is 0.186 e. The second kappa shape index (κ2) is 14.1. The van der Waals surface area contributed by atoms with E-state index >= 15 is 0 Å². The molecule has 0 aromatic carbocycles. The molecule has 0 bridgehead atoms. The monoisotopic (exact) mass is 465 g/mol. The molecule has 0 spiro atoms. The lowest BCUT2D eigenvalue weighted by atomic mass is 10.1. The van der Waals surface area contributed by atoms with E-state index < -0.39 is 0 Å². The molecule has 8 nitrogen and oxygen atoms in total. The molecule has 0 aliphatic carbocycles. The van der Waals surface area contributed by atoms with E-state index in [9.17, 15) is 0 Å². The van der Waals surface area contributed by atoms with Crippen LogP contribution in [0.5, 0.6) is 0 Å². The van der Waals surface area contributed by atoms with Gasteiger partial charge in [-0.05, 0) is 96.2 Å². The molecule has 1 aliphatic heterocycles. The Labute approximate surface area is 196 Å². The molecule has 1 aromatic rings. The third-order valence-corrected chi connectivity index (χ3v) is 5.32. The number of hydrogen-bond donors (Lipinski definition) is 4. The van der Waals surface area contributed by atoms with Crippen LogP contribution in [0.25, 0.3) is 0 Å². The van der Waals surface area contributed by atoms with Gasteiger partial charge < -0.3 is 20.0 Å². The third-order valence-electron chi connectivity index (χ3n) is 4.85. The van der Waals surface area contributed by atoms with Crippen molar-refractivity contribution < 1.29 is 4.42 Å². The second-order valence-corrected chi connectivity index (χ2v) is 8.19. The first kappa shape index (κ1) is 25.2. The number of nitrogens with one attached hydrogen (secondary N) is 4. The summed E-state index contributed by atoms with van der Waals surface area (Å²) in [5, 5.41) is 15.7. The van der Waals surface area contributed by atoms with Gasteiger partial charge in [0.15, 0.2) is 16.0 Å². The molecule has 31 heavy (non-hydrogen) atoms. The van der Waals surface area contributed by atoms with Crippen molar-refractivity contribution in [2.75, 3.05) is 32.7 Å². The van der Waals surface area contributed by atoms with Crippen LogP contribution in [0, 0.1) is 0 Å². The van der Waals surface area contributed by atoms with Gasteiger partial charge in [0.25, 0.3) is 0 Å². The van der Waals surface area contributed by atoms with Crippen molar-refractivity contribution in [3.05, 3.63) is 23.7 Å². The Hall–Kier alpha value is -2.04. The number of furan rings is 1. The van der Waals surface area contributed by atoms with E-state index in [0.717, 1.165) is 31.7 Å². The van der Waals surface area contributed by atoms with Crippen LogP contribution < -0.4 is 21.5 Å². The van der Waals surface area contributed by atoms with E-state index in [2.05, 4.69) is 36.6 Å². The third kappa shape index (κ3) is 9.32. The normalized spacial score (nSPS) is 15.5. The Balaban J connectivity index is 2.04. The van der Waals surface area contributed by atoms with E-state index in [1.807, 2.05) is 32.9 Å². The lowest BCUT2D eigenvalue weighted by Crippen LogP contribution is -2.34. The first-order valence-corrected chi connectivity index (χ1v) is 11.9. The van der Waals surface area contributed by atoms with Gasteiger partial charge in [-0.3, -0.25) is 10.9 Å². The van der Waals surface area contributed by atoms with E-state index in [-0.39, 0.29) is 0 Å². The topological polar surface area (TPSA) is 89.2 Å². The Morgan fingerprint density at radius 1 is 1.00 bits per heavy atom. The largest absolute Gasteiger partial charge is 0.459 e. The summed E-state index contributed by atoms with van der Waals surface area (Å²) in [6, 6.07) is 3.93. The number of nitrogens with zero attached hydrogens (tertiary/aromatic N) is 3. The average Bonchev–Trinajstić information content (AvgIpc) is 3.22. The Morgan fingerprint density at radius 3 is 2.29 bits per heavy atom. The zero-order chi connectivity index (χ0) is 22.5. The highest BCUT2D eigenvalue weighted by molar-refractivity contribution is 7.80. The number of thiocarbonyl (C=S) groups is 2. The quantitative estimate of drug-likeness (QED) is 0.238. The van der Waals surface area contributed by atoms with Gasteiger partial charge in [0.2, 0.25) is 0 Å². The first-order valence-electron chi connectivity index (χ1n) is 11.0. The molecule has 0 unspecified atom stereocenters. The summed E-state index contributed by atoms with van der Waals surface area (Å²) in [5.41, 5.74) is 6.87. The van der Waals surface area contributed by atoms with Gasteiger partial charge in [0.1, 0.15) is 11.5 Å². The predicted octanol–water partition coefficient (Wildman–Crippen LogP) is 2.75. The number of hydrogen-bond acceptors (Lipinski definition) is 6. The molecule has 0 amide bonds. The van der Waals surface area contributed by atoms with Crippen LogP contribution in [-0.2, 0) is 6.42 Å². The van der Waals surface area contributed by atoms with Gasteiger partial charge in [-0.2, -0.15) is 10.2 Å². The van der Waals surface area contributed by atoms with Crippen molar-refractivity contribution in [2.45, 2.75) is 52.9 Å². The smallest absolute Gasteiger partial charge is 0.186 e. The summed E-state index contributed by atoms with van der Waals surface area (Å²) in [4.78, 5) is 2.54. The lowest BCUT2D eigenvalue weighted by Gasteiger charge is -2.26. The first-order chi connectivity index (χ1) is 15.0. The summed E-state index contributed by atoms with van der Waals surface area (Å²) < 4.78 is 6.09. The average molecular weight is 466 g/mol. The molecule has 4 N–H and O–H groups in total. The van der Waals surface area contributed by atoms with Gasteiger partial charge in [-0.15, -0.1) is 0 Å². The van der Waals surface area contributed by atoms with E-state index in [1.54, 1.807) is 0 Å². The van der Waals surface area contributed by atoms with Crippen LogP contribution in [-0.4, -0.2) is 59.3 Å². The van der Waals surface area contributed by atoms with Gasteiger partial charge in [-0.1, -0.05) is 6.42 Å². The summed E-state index contributed by atoms with van der Waals surface area (Å²) in [6.45, 7) is 10.8. The highest BCUT2D eigenvalue weighted by Crippen LogP contribution is 2.14. The summed E-state index contributed by atoms with van der Waals surface area (Å²) in [7, 11) is 0. The van der Waals surface area contributed by atoms with Crippen LogP contribution in [0.2, 0.25) is 0 Å². The van der Waals surface area contributed by atoms with Crippen molar-refractivity contribution in [2.24, 2.45) is 10.2 Å². The van der Waals surface area contributed by atoms with Crippen LogP contribution in [0.1, 0.15) is 58.0 Å². The molecule has 0 atom stereocenters. The number of likely N-dealkylation sites (tertiary alicyclic amines) is 1. The minimum atomic E-state index is 0.442. The Kier molecular flexibility index (Phi) is 11.5. The summed E-state index contributed by atoms with van der Waals surface area (Å²) >= 11 is 10.4. The molecule has 10 heteroatoms. The van der Waals surface area contributed by atoms with Crippen molar-refractivity contribution in [1.82, 2.24) is 26.4 Å². The van der Waals surface area contributed by atoms with Gasteiger partial charge >= 0.3 is 0 Å². The fourth-order valence-electron chi connectivity index (χ4n) is 3.31. The van der Waals surface area contributed by atoms with E-state index in [4.69, 9.17) is 28.9 Å². The van der Waals surface area contributed by atoms with Crippen LogP contribution in [0.15, 0.2) is 26.8 Å². The molecule has 172 valence electrons. The number of rotatable bonds is 10. The van der Waals surface area contributed by atoms with Gasteiger partial charge in [0.05, 0.1) is 5.71 Å². The molecule has 2 rings (SSSR count). The maximum atomic E-state index is 6.09. The fourth-order valence-corrected chi connectivity index (χ4v) is 3.69. The SMILES string of the molecule is CCNC(=S)N/N=C(/C(C)=N/NC(=S)NCC)c1ccc(CCCN2CCCCC2)o1. The standard InChI is InChI=1S/C21H35N7OS2/c1-4-22-20(30)26-24-16(3)19(25-27-21(31)23-5-2)18-12-11-17(29-18)10-9-15-28-13-7-6-8-14-28/h11-12H,4-10,13-15H2,1-3H3,(H2,22,26,30)(H2,23,27,31)/b24-16+,25-19-. The minimum absolute atomic E-state index is 0.442. The molecule has 1 aromatic heterocycles. The highest BCUT2D eigenvalue weighted by Gasteiger charge is 2.15. The predicted molar refractivity (Wildman–Crippen MR) is 136 cm³/mol. The van der Waals surface area contributed by atoms with E-state index in [0.29, 0.717) is 34.0 Å². The molecule has 1 saturated heterocycles. The molecule has 2 heterocycles. The zero-order valence-electron chi connectivity index (χ0n) is 18.8. The number of aryl methyl sites for hydroxylation is 1. The van der Waals surface area contributed by atoms with Crippen molar-refractivity contribution in [3.8, 4) is 0 Å². The molecular weight excluding hydrogens is 430 g/mol. The molecule has 1 fully saturated rings. The fraction of sp³-hybridized carbons (Fsp3) is 0.619. The number of piperidine rings is 1. The van der Waals surface area contributed by atoms with Gasteiger partial charge in [-0.25, -0.2) is 0 Å². The Bertz CT molecular complexity index is 770. The van der Waals surface area contributed by atoms with Crippen molar-refractivity contribution in [3.63, 3.8) is 0 Å². The molecule has 1 aliphatic rings. The van der Waals surface area contributed by atoms with Crippen molar-refractivity contribution >= 4 is 46.1 Å². The maximum absolute atomic E-state index is 6.09. The zero-order valence-corrected chi connectivity index (χ0v) is 20.4. The van der Waals surface area contributed by atoms with Crippen LogP contribution in [0.4, 0.5) is 0 Å². The summed E-state index contributed by atoms with van der Waals surface area (Å²) in [6.07, 6.45) is 5.97. The number of hydrazone groups is 2. The molecule has 0 saturated carbocycles. The van der Waals surface area contributed by atoms with E-state index in [1.165, 1.54) is 32.4 Å². The van der Waals surface area contributed by atoms with Gasteiger partial charge in [0, 0.05) is 19.5 Å². The van der Waals surface area contributed by atoms with Crippen molar-refractivity contribution in [1.29, 1.82) is 0 Å². The molecule has 0 radical (unpaired) electrons. The Morgan fingerprint density at radius 2 is 1.65 bits per heavy atom. The summed E-state index contributed by atoms with van der Waals surface area (Å²) in [5.74, 6) is 1.58.